The first-order valence-electron chi connectivity index (χ1n) is 10.4. The summed E-state index contributed by atoms with van der Waals surface area (Å²) in [7, 11) is 1.69. The molecule has 4 aromatic rings. The van der Waals surface area contributed by atoms with Crippen LogP contribution in [0.15, 0.2) is 36.7 Å². The topological polar surface area (TPSA) is 66.8 Å². The number of aromatic amines is 1. The fourth-order valence-corrected chi connectivity index (χ4v) is 5.28. The van der Waals surface area contributed by atoms with Crippen LogP contribution in [0.3, 0.4) is 0 Å². The average molecular weight is 437 g/mol. The Morgan fingerprint density at radius 1 is 1.16 bits per heavy atom. The van der Waals surface area contributed by atoms with Crippen molar-refractivity contribution in [2.45, 2.75) is 31.3 Å². The van der Waals surface area contributed by atoms with Gasteiger partial charge in [-0.1, -0.05) is 6.07 Å². The number of amides is 1. The Kier molecular flexibility index (Phi) is 3.99. The largest absolute Gasteiger partial charge is 0.345 e. The van der Waals surface area contributed by atoms with Gasteiger partial charge in [0.1, 0.15) is 5.52 Å². The van der Waals surface area contributed by atoms with Crippen LogP contribution in [0.1, 0.15) is 40.5 Å². The lowest BCUT2D eigenvalue weighted by Gasteiger charge is -2.34. The molecular formula is C23H18F3N5O. The number of hydrogen-bond donors (Lipinski definition) is 1. The van der Waals surface area contributed by atoms with Gasteiger partial charge in [0, 0.05) is 24.2 Å². The molecule has 1 N–H and O–H groups in total. The Balaban J connectivity index is 1.44. The predicted molar refractivity (Wildman–Crippen MR) is 110 cm³/mol. The Morgan fingerprint density at radius 2 is 1.94 bits per heavy atom. The van der Waals surface area contributed by atoms with Crippen LogP contribution >= 0.6 is 0 Å². The van der Waals surface area contributed by atoms with Gasteiger partial charge in [0.2, 0.25) is 0 Å². The maximum absolute atomic E-state index is 13.9. The molecule has 1 saturated heterocycles. The number of rotatable bonds is 2. The van der Waals surface area contributed by atoms with E-state index in [4.69, 9.17) is 0 Å². The van der Waals surface area contributed by atoms with Gasteiger partial charge in [-0.3, -0.25) is 9.48 Å². The molecule has 2 aliphatic heterocycles. The molecule has 1 amide bonds. The lowest BCUT2D eigenvalue weighted by molar-refractivity contribution is 0.0644. The number of carbonyl (C=O) groups is 1. The molecule has 2 aliphatic rings. The van der Waals surface area contributed by atoms with E-state index in [1.165, 1.54) is 0 Å². The average Bonchev–Trinajstić information content (AvgIpc) is 3.46. The molecule has 0 saturated carbocycles. The zero-order valence-corrected chi connectivity index (χ0v) is 17.1. The van der Waals surface area contributed by atoms with Crippen LogP contribution < -0.4 is 0 Å². The van der Waals surface area contributed by atoms with E-state index in [1.807, 2.05) is 17.0 Å². The van der Waals surface area contributed by atoms with Crippen molar-refractivity contribution in [2.75, 3.05) is 0 Å². The van der Waals surface area contributed by atoms with Gasteiger partial charge in [0.05, 0.1) is 34.8 Å². The van der Waals surface area contributed by atoms with Gasteiger partial charge in [-0.05, 0) is 43.5 Å². The molecule has 6 nitrogen and oxygen atoms in total. The molecule has 4 heterocycles. The number of H-pyrrole nitrogens is 1. The standard InChI is InChI=1S/C23H18F3N5O/c1-30-22(11-7-15(24)19(26)16(25)8-11)14-9-12-5-6-18(21(14)29-30)31(12)23(32)13-3-2-4-17-20(13)28-10-27-17/h2-4,7-8,10,12,18H,5-6,9H2,1H3,(H,27,28)/t12-,18+/m0/s1. The van der Waals surface area contributed by atoms with Gasteiger partial charge in [-0.2, -0.15) is 5.10 Å². The number of imidazole rings is 1. The second-order valence-corrected chi connectivity index (χ2v) is 8.36. The van der Waals surface area contributed by atoms with E-state index < -0.39 is 17.5 Å². The number of nitrogens with one attached hydrogen (secondary N) is 1. The minimum Gasteiger partial charge on any atom is -0.345 e. The van der Waals surface area contributed by atoms with Crippen molar-refractivity contribution < 1.29 is 18.0 Å². The van der Waals surface area contributed by atoms with Gasteiger partial charge in [0.25, 0.3) is 5.91 Å². The number of aromatic nitrogens is 4. The molecule has 0 unspecified atom stereocenters. The highest BCUT2D eigenvalue weighted by Gasteiger charge is 2.46. The molecule has 9 heteroatoms. The SMILES string of the molecule is Cn1nc2c(c1-c1cc(F)c(F)c(F)c1)C[C@@H]1CC[C@H]2N1C(=O)c1cccc2[nH]cnc12. The van der Waals surface area contributed by atoms with E-state index in [0.29, 0.717) is 23.2 Å². The number of halogens is 3. The molecule has 6 rings (SSSR count). The Morgan fingerprint density at radius 3 is 2.72 bits per heavy atom. The number of fused-ring (bicyclic) bond motifs is 5. The van der Waals surface area contributed by atoms with E-state index in [9.17, 15) is 18.0 Å². The quantitative estimate of drug-likeness (QED) is 0.476. The van der Waals surface area contributed by atoms with E-state index in [-0.39, 0.29) is 23.6 Å². The van der Waals surface area contributed by atoms with Gasteiger partial charge in [-0.25, -0.2) is 18.2 Å². The van der Waals surface area contributed by atoms with Gasteiger partial charge < -0.3 is 9.88 Å². The second kappa shape index (κ2) is 6.69. The highest BCUT2D eigenvalue weighted by molar-refractivity contribution is 6.05. The third-order valence-corrected chi connectivity index (χ3v) is 6.61. The molecule has 1 fully saturated rings. The minimum absolute atomic E-state index is 0.0627. The molecule has 0 aliphatic carbocycles. The van der Waals surface area contributed by atoms with Crippen molar-refractivity contribution in [1.82, 2.24) is 24.6 Å². The molecule has 2 bridgehead atoms. The highest BCUT2D eigenvalue weighted by atomic mass is 19.2. The Labute approximate surface area is 180 Å². The van der Waals surface area contributed by atoms with E-state index in [2.05, 4.69) is 15.1 Å². The van der Waals surface area contributed by atoms with Gasteiger partial charge in [0.15, 0.2) is 17.5 Å². The third-order valence-electron chi connectivity index (χ3n) is 6.61. The molecule has 2 atom stereocenters. The van der Waals surface area contributed by atoms with Crippen LogP contribution in [0.5, 0.6) is 0 Å². The number of hydrogen-bond acceptors (Lipinski definition) is 3. The fraction of sp³-hybridized carbons (Fsp3) is 0.261. The zero-order valence-electron chi connectivity index (χ0n) is 17.1. The summed E-state index contributed by atoms with van der Waals surface area (Å²) < 4.78 is 42.9. The van der Waals surface area contributed by atoms with Crippen LogP contribution in [0.2, 0.25) is 0 Å². The summed E-state index contributed by atoms with van der Waals surface area (Å²) in [5.74, 6) is -4.07. The van der Waals surface area contributed by atoms with Crippen molar-refractivity contribution in [2.24, 2.45) is 7.05 Å². The summed E-state index contributed by atoms with van der Waals surface area (Å²) in [5.41, 5.74) is 4.32. The molecule has 162 valence electrons. The van der Waals surface area contributed by atoms with Crippen molar-refractivity contribution in [3.8, 4) is 11.3 Å². The number of carbonyl (C=O) groups excluding carboxylic acids is 1. The van der Waals surface area contributed by atoms with E-state index in [0.717, 1.165) is 41.7 Å². The van der Waals surface area contributed by atoms with Crippen LogP contribution in [0.25, 0.3) is 22.3 Å². The van der Waals surface area contributed by atoms with Crippen molar-refractivity contribution in [1.29, 1.82) is 0 Å². The summed E-state index contributed by atoms with van der Waals surface area (Å²) in [6.07, 6.45) is 3.63. The van der Waals surface area contributed by atoms with Crippen molar-refractivity contribution in [3.05, 3.63) is 70.9 Å². The molecule has 2 aromatic carbocycles. The van der Waals surface area contributed by atoms with Crippen LogP contribution in [0.4, 0.5) is 13.2 Å². The lowest BCUT2D eigenvalue weighted by Crippen LogP contribution is -2.42. The number of benzene rings is 2. The van der Waals surface area contributed by atoms with E-state index >= 15 is 0 Å². The van der Waals surface area contributed by atoms with Gasteiger partial charge >= 0.3 is 0 Å². The van der Waals surface area contributed by atoms with Crippen molar-refractivity contribution >= 4 is 16.9 Å². The predicted octanol–water partition coefficient (Wildman–Crippen LogP) is 4.28. The minimum atomic E-state index is -1.49. The molecule has 0 radical (unpaired) electrons. The third kappa shape index (κ3) is 2.57. The van der Waals surface area contributed by atoms with Crippen LogP contribution in [-0.2, 0) is 13.5 Å². The van der Waals surface area contributed by atoms with Gasteiger partial charge in [-0.15, -0.1) is 0 Å². The first-order chi connectivity index (χ1) is 15.4. The fourth-order valence-electron chi connectivity index (χ4n) is 5.28. The summed E-state index contributed by atoms with van der Waals surface area (Å²) >= 11 is 0. The van der Waals surface area contributed by atoms with Crippen LogP contribution in [-0.4, -0.2) is 36.6 Å². The molecular weight excluding hydrogens is 419 g/mol. The Bertz CT molecular complexity index is 1390. The normalized spacial score (nSPS) is 19.6. The Hall–Kier alpha value is -3.62. The maximum atomic E-state index is 13.9. The smallest absolute Gasteiger partial charge is 0.256 e. The summed E-state index contributed by atoms with van der Waals surface area (Å²) in [6, 6.07) is 7.15. The second-order valence-electron chi connectivity index (χ2n) is 8.36. The van der Waals surface area contributed by atoms with Crippen LogP contribution in [0, 0.1) is 17.5 Å². The maximum Gasteiger partial charge on any atom is 0.256 e. The van der Waals surface area contributed by atoms with Crippen molar-refractivity contribution in [3.63, 3.8) is 0 Å². The molecule has 2 aromatic heterocycles. The summed E-state index contributed by atoms with van der Waals surface area (Å²) in [6.45, 7) is 0. The summed E-state index contributed by atoms with van der Waals surface area (Å²) in [5, 5.41) is 4.63. The molecule has 32 heavy (non-hydrogen) atoms. The molecule has 0 spiro atoms. The number of aryl methyl sites for hydroxylation is 1. The first kappa shape index (κ1) is 19.1. The highest BCUT2D eigenvalue weighted by Crippen LogP contribution is 2.47. The lowest BCUT2D eigenvalue weighted by atomic mass is 9.94. The monoisotopic (exact) mass is 437 g/mol. The number of nitrogens with zero attached hydrogens (tertiary/aromatic N) is 4. The zero-order chi connectivity index (χ0) is 22.1. The number of para-hydroxylation sites is 1. The van der Waals surface area contributed by atoms with E-state index in [1.54, 1.807) is 24.1 Å². The first-order valence-corrected chi connectivity index (χ1v) is 10.4. The summed E-state index contributed by atoms with van der Waals surface area (Å²) in [4.78, 5) is 22.8.